The lowest BCUT2D eigenvalue weighted by Gasteiger charge is -2.02. The summed E-state index contributed by atoms with van der Waals surface area (Å²) in [6.45, 7) is 8.28. The summed E-state index contributed by atoms with van der Waals surface area (Å²) < 4.78 is 4.71. The molecule has 1 aromatic rings. The SMILES string of the molecule is CC(=O)OCCC(C)C.Cc1ccccc1. The molecule has 0 fully saturated rings. The van der Waals surface area contributed by atoms with Crippen LogP contribution in [-0.4, -0.2) is 12.6 Å². The number of hydrogen-bond donors (Lipinski definition) is 0. The van der Waals surface area contributed by atoms with Crippen molar-refractivity contribution in [3.8, 4) is 0 Å². The van der Waals surface area contributed by atoms with Crippen LogP contribution in [0, 0.1) is 12.8 Å². The van der Waals surface area contributed by atoms with Crippen molar-refractivity contribution in [2.75, 3.05) is 6.61 Å². The maximum Gasteiger partial charge on any atom is 0.302 e. The Labute approximate surface area is 98.6 Å². The zero-order valence-corrected chi connectivity index (χ0v) is 10.7. The highest BCUT2D eigenvalue weighted by molar-refractivity contribution is 5.65. The average molecular weight is 222 g/mol. The van der Waals surface area contributed by atoms with Crippen LogP contribution in [0.5, 0.6) is 0 Å². The van der Waals surface area contributed by atoms with Crippen LogP contribution >= 0.6 is 0 Å². The van der Waals surface area contributed by atoms with Crippen molar-refractivity contribution in [3.05, 3.63) is 35.9 Å². The fourth-order valence-corrected chi connectivity index (χ4v) is 0.973. The normalized spacial score (nSPS) is 9.31. The molecule has 0 amide bonds. The molecule has 0 spiro atoms. The highest BCUT2D eigenvalue weighted by Crippen LogP contribution is 1.98. The van der Waals surface area contributed by atoms with Gasteiger partial charge in [-0.1, -0.05) is 49.7 Å². The first-order chi connectivity index (χ1) is 7.52. The highest BCUT2D eigenvalue weighted by atomic mass is 16.5. The van der Waals surface area contributed by atoms with Gasteiger partial charge < -0.3 is 4.74 Å². The van der Waals surface area contributed by atoms with Gasteiger partial charge in [-0.15, -0.1) is 0 Å². The van der Waals surface area contributed by atoms with Crippen LogP contribution in [0.25, 0.3) is 0 Å². The van der Waals surface area contributed by atoms with E-state index >= 15 is 0 Å². The third-order valence-corrected chi connectivity index (χ3v) is 1.94. The van der Waals surface area contributed by atoms with Crippen LogP contribution in [0.2, 0.25) is 0 Å². The third kappa shape index (κ3) is 10.8. The van der Waals surface area contributed by atoms with Gasteiger partial charge in [0.25, 0.3) is 0 Å². The molecule has 1 rings (SSSR count). The van der Waals surface area contributed by atoms with Gasteiger partial charge in [0.15, 0.2) is 0 Å². The molecular formula is C14H22O2. The molecule has 0 saturated heterocycles. The molecule has 0 N–H and O–H groups in total. The largest absolute Gasteiger partial charge is 0.466 e. The Hall–Kier alpha value is -1.31. The first-order valence-electron chi connectivity index (χ1n) is 5.67. The number of hydrogen-bond acceptors (Lipinski definition) is 2. The monoisotopic (exact) mass is 222 g/mol. The molecule has 0 heterocycles. The summed E-state index contributed by atoms with van der Waals surface area (Å²) in [6.07, 6.45) is 0.958. The molecule has 0 radical (unpaired) electrons. The van der Waals surface area contributed by atoms with Gasteiger partial charge >= 0.3 is 5.97 Å². The Kier molecular flexibility index (Phi) is 8.22. The van der Waals surface area contributed by atoms with Gasteiger partial charge in [0.1, 0.15) is 0 Å². The number of esters is 1. The van der Waals surface area contributed by atoms with Crippen molar-refractivity contribution in [3.63, 3.8) is 0 Å². The van der Waals surface area contributed by atoms with Crippen molar-refractivity contribution in [1.82, 2.24) is 0 Å². The van der Waals surface area contributed by atoms with Crippen molar-refractivity contribution in [2.24, 2.45) is 5.92 Å². The quantitative estimate of drug-likeness (QED) is 0.730. The lowest BCUT2D eigenvalue weighted by molar-refractivity contribution is -0.141. The summed E-state index contributed by atoms with van der Waals surface area (Å²) in [5, 5.41) is 0. The predicted octanol–water partition coefficient (Wildman–Crippen LogP) is 3.59. The van der Waals surface area contributed by atoms with Gasteiger partial charge in [-0.2, -0.15) is 0 Å². The number of ether oxygens (including phenoxy) is 1. The average Bonchev–Trinajstić information content (AvgIpc) is 2.18. The number of benzene rings is 1. The molecule has 0 aromatic heterocycles. The van der Waals surface area contributed by atoms with E-state index in [0.717, 1.165) is 6.42 Å². The van der Waals surface area contributed by atoms with Crippen LogP contribution in [0.1, 0.15) is 32.8 Å². The molecular weight excluding hydrogens is 200 g/mol. The standard InChI is InChI=1S/C7H14O2.C7H8/c1-6(2)4-5-9-7(3)8;1-7-5-3-2-4-6-7/h6H,4-5H2,1-3H3;2-6H,1H3. The Balaban J connectivity index is 0.000000288. The summed E-state index contributed by atoms with van der Waals surface area (Å²) in [5.41, 5.74) is 1.32. The highest BCUT2D eigenvalue weighted by Gasteiger charge is 1.94. The predicted molar refractivity (Wildman–Crippen MR) is 67.3 cm³/mol. The van der Waals surface area contributed by atoms with Crippen LogP contribution in [0.15, 0.2) is 30.3 Å². The zero-order valence-electron chi connectivity index (χ0n) is 10.7. The smallest absolute Gasteiger partial charge is 0.302 e. The second-order valence-corrected chi connectivity index (χ2v) is 4.18. The van der Waals surface area contributed by atoms with Crippen molar-refractivity contribution >= 4 is 5.97 Å². The van der Waals surface area contributed by atoms with Crippen molar-refractivity contribution in [1.29, 1.82) is 0 Å². The van der Waals surface area contributed by atoms with Gasteiger partial charge in [0, 0.05) is 6.92 Å². The summed E-state index contributed by atoms with van der Waals surface area (Å²) in [5.74, 6) is 0.431. The van der Waals surface area contributed by atoms with E-state index in [0.29, 0.717) is 12.5 Å². The summed E-state index contributed by atoms with van der Waals surface area (Å²) in [4.78, 5) is 10.2. The van der Waals surface area contributed by atoms with Gasteiger partial charge in [0.05, 0.1) is 6.61 Å². The number of carbonyl (C=O) groups excluding carboxylic acids is 1. The maximum atomic E-state index is 10.2. The van der Waals surface area contributed by atoms with Gasteiger partial charge in [-0.05, 0) is 19.3 Å². The van der Waals surface area contributed by atoms with Crippen molar-refractivity contribution < 1.29 is 9.53 Å². The summed E-state index contributed by atoms with van der Waals surface area (Å²) in [7, 11) is 0. The molecule has 2 heteroatoms. The molecule has 0 aliphatic carbocycles. The number of rotatable bonds is 3. The fraction of sp³-hybridized carbons (Fsp3) is 0.500. The van der Waals surface area contributed by atoms with E-state index in [1.165, 1.54) is 12.5 Å². The van der Waals surface area contributed by atoms with Gasteiger partial charge in [-0.3, -0.25) is 4.79 Å². The summed E-state index contributed by atoms with van der Waals surface area (Å²) in [6, 6.07) is 10.3. The van der Waals surface area contributed by atoms with E-state index in [1.54, 1.807) is 0 Å². The number of aryl methyl sites for hydroxylation is 1. The molecule has 0 bridgehead atoms. The van der Waals surface area contributed by atoms with Crippen LogP contribution in [0.4, 0.5) is 0 Å². The fourth-order valence-electron chi connectivity index (χ4n) is 0.973. The zero-order chi connectivity index (χ0) is 12.4. The number of carbonyl (C=O) groups is 1. The maximum absolute atomic E-state index is 10.2. The van der Waals surface area contributed by atoms with Crippen LogP contribution in [-0.2, 0) is 9.53 Å². The van der Waals surface area contributed by atoms with E-state index < -0.39 is 0 Å². The molecule has 0 saturated carbocycles. The van der Waals surface area contributed by atoms with Crippen LogP contribution < -0.4 is 0 Å². The summed E-state index contributed by atoms with van der Waals surface area (Å²) >= 11 is 0. The van der Waals surface area contributed by atoms with Gasteiger partial charge in [0.2, 0.25) is 0 Å². The van der Waals surface area contributed by atoms with E-state index in [2.05, 4.69) is 32.9 Å². The molecule has 0 atom stereocenters. The Bertz CT molecular complexity index is 278. The first-order valence-corrected chi connectivity index (χ1v) is 5.67. The third-order valence-electron chi connectivity index (χ3n) is 1.94. The van der Waals surface area contributed by atoms with E-state index in [1.807, 2.05) is 18.2 Å². The lowest BCUT2D eigenvalue weighted by Crippen LogP contribution is -2.02. The Morgan fingerprint density at radius 2 is 1.81 bits per heavy atom. The molecule has 2 nitrogen and oxygen atoms in total. The Morgan fingerprint density at radius 1 is 1.25 bits per heavy atom. The second kappa shape index (κ2) is 8.96. The molecule has 1 aromatic carbocycles. The minimum atomic E-state index is -0.185. The molecule has 90 valence electrons. The minimum absolute atomic E-state index is 0.185. The van der Waals surface area contributed by atoms with Gasteiger partial charge in [-0.25, -0.2) is 0 Å². The van der Waals surface area contributed by atoms with E-state index in [9.17, 15) is 4.79 Å². The van der Waals surface area contributed by atoms with E-state index in [-0.39, 0.29) is 5.97 Å². The lowest BCUT2D eigenvalue weighted by atomic mass is 10.1. The second-order valence-electron chi connectivity index (χ2n) is 4.18. The molecule has 0 unspecified atom stereocenters. The molecule has 0 aliphatic heterocycles. The van der Waals surface area contributed by atoms with E-state index in [4.69, 9.17) is 4.74 Å². The van der Waals surface area contributed by atoms with Crippen LogP contribution in [0.3, 0.4) is 0 Å². The first kappa shape index (κ1) is 14.7. The molecule has 0 aliphatic rings. The Morgan fingerprint density at radius 3 is 2.12 bits per heavy atom. The topological polar surface area (TPSA) is 26.3 Å². The molecule has 16 heavy (non-hydrogen) atoms. The minimum Gasteiger partial charge on any atom is -0.466 e. The van der Waals surface area contributed by atoms with Crippen molar-refractivity contribution in [2.45, 2.75) is 34.1 Å².